The van der Waals surface area contributed by atoms with E-state index in [0.717, 1.165) is 0 Å². The highest BCUT2D eigenvalue weighted by molar-refractivity contribution is 7.46. The molecule has 0 fully saturated rings. The molecule has 2 aromatic carbocycles. The number of rotatable bonds is 11. The zero-order chi connectivity index (χ0) is 26.9. The number of nitrogens with one attached hydrogen (secondary N) is 2. The maximum atomic E-state index is 13.2. The van der Waals surface area contributed by atoms with Gasteiger partial charge in [-0.1, -0.05) is 26.0 Å². The summed E-state index contributed by atoms with van der Waals surface area (Å²) >= 11 is 0. The Balaban J connectivity index is 2.27. The van der Waals surface area contributed by atoms with E-state index < -0.39 is 37.7 Å². The Morgan fingerprint density at radius 1 is 1.00 bits per heavy atom. The smallest absolute Gasteiger partial charge is 0.467 e. The Morgan fingerprint density at radius 3 is 2.11 bits per heavy atom. The van der Waals surface area contributed by atoms with E-state index >= 15 is 0 Å². The summed E-state index contributed by atoms with van der Waals surface area (Å²) in [4.78, 5) is 56.1. The van der Waals surface area contributed by atoms with Crippen LogP contribution in [-0.2, 0) is 25.3 Å². The van der Waals surface area contributed by atoms with Crippen LogP contribution in [0, 0.1) is 17.2 Å². The number of phosphoric ester groups is 1. The molecule has 0 aromatic heterocycles. The average Bonchev–Trinajstić information content (AvgIpc) is 2.82. The summed E-state index contributed by atoms with van der Waals surface area (Å²) < 4.78 is 20.3. The van der Waals surface area contributed by atoms with Crippen LogP contribution in [0.3, 0.4) is 0 Å². The third-order valence-corrected chi connectivity index (χ3v) is 5.44. The number of nitriles is 1. The van der Waals surface area contributed by atoms with Crippen molar-refractivity contribution in [2.75, 3.05) is 7.11 Å². The van der Waals surface area contributed by atoms with Crippen molar-refractivity contribution in [3.8, 4) is 11.8 Å². The average molecular weight is 517 g/mol. The molecule has 0 unspecified atom stereocenters. The topological polar surface area (TPSA) is 175 Å². The number of hydrogen-bond donors (Lipinski definition) is 4. The number of carbonyl (C=O) groups excluding carboxylic acids is 3. The molecule has 2 atom stereocenters. The SMILES string of the molecule is COC(=O)[C@H](CC(C)C)NC(=O)[C@H](Cc1ccc(OP(=O)(O)O)cc1)NC(=O)c1ccc(C#N)cc1. The van der Waals surface area contributed by atoms with Crippen LogP contribution in [-0.4, -0.2) is 46.8 Å². The predicted octanol–water partition coefficient (Wildman–Crippen LogP) is 2.07. The minimum Gasteiger partial charge on any atom is -0.467 e. The first kappa shape index (κ1) is 28.5. The van der Waals surface area contributed by atoms with Crippen molar-refractivity contribution in [1.82, 2.24) is 10.6 Å². The molecule has 0 aliphatic carbocycles. The molecule has 4 N–H and O–H groups in total. The normalized spacial score (nSPS) is 12.7. The van der Waals surface area contributed by atoms with Gasteiger partial charge in [0.2, 0.25) is 5.91 Å². The lowest BCUT2D eigenvalue weighted by atomic mass is 10.0. The molecule has 0 aliphatic heterocycles. The summed E-state index contributed by atoms with van der Waals surface area (Å²) in [6.45, 7) is 3.76. The number of benzene rings is 2. The van der Waals surface area contributed by atoms with Crippen LogP contribution in [0.15, 0.2) is 48.5 Å². The van der Waals surface area contributed by atoms with E-state index in [1.54, 1.807) is 0 Å². The highest BCUT2D eigenvalue weighted by Gasteiger charge is 2.28. The van der Waals surface area contributed by atoms with Crippen LogP contribution in [0.1, 0.15) is 41.8 Å². The number of phosphoric acid groups is 1. The van der Waals surface area contributed by atoms with Gasteiger partial charge in [0, 0.05) is 12.0 Å². The van der Waals surface area contributed by atoms with Crippen LogP contribution in [0.5, 0.6) is 5.75 Å². The van der Waals surface area contributed by atoms with Gasteiger partial charge in [-0.3, -0.25) is 19.4 Å². The second-order valence-electron chi connectivity index (χ2n) is 8.36. The van der Waals surface area contributed by atoms with E-state index in [1.165, 1.54) is 55.6 Å². The van der Waals surface area contributed by atoms with E-state index in [0.29, 0.717) is 17.5 Å². The van der Waals surface area contributed by atoms with Crippen molar-refractivity contribution in [2.24, 2.45) is 5.92 Å². The van der Waals surface area contributed by atoms with Crippen molar-refractivity contribution < 1.29 is 38.0 Å². The lowest BCUT2D eigenvalue weighted by Crippen LogP contribution is -2.53. The molecule has 12 heteroatoms. The van der Waals surface area contributed by atoms with Gasteiger partial charge in [-0.25, -0.2) is 9.36 Å². The van der Waals surface area contributed by atoms with Crippen molar-refractivity contribution in [1.29, 1.82) is 5.26 Å². The molecular formula is C24H28N3O8P. The number of esters is 1. The van der Waals surface area contributed by atoms with Crippen LogP contribution < -0.4 is 15.2 Å². The first-order valence-electron chi connectivity index (χ1n) is 10.9. The van der Waals surface area contributed by atoms with E-state index in [9.17, 15) is 18.9 Å². The second kappa shape index (κ2) is 12.8. The standard InChI is InChI=1S/C24H28N3O8P/c1-15(2)12-21(24(30)34-3)27-23(29)20(26-22(28)18-8-4-17(14-25)5-9-18)13-16-6-10-19(11-7-16)35-36(31,32)33/h4-11,15,20-21H,12-13H2,1-3H3,(H,26,28)(H,27,29)(H2,31,32,33)/t20-,21-/m0/s1. The minimum absolute atomic E-state index is 0.000383. The maximum absolute atomic E-state index is 13.2. The molecular weight excluding hydrogens is 489 g/mol. The van der Waals surface area contributed by atoms with Gasteiger partial charge in [0.05, 0.1) is 18.7 Å². The molecule has 0 bridgehead atoms. The fraction of sp³-hybridized carbons (Fsp3) is 0.333. The van der Waals surface area contributed by atoms with Gasteiger partial charge in [-0.05, 0) is 54.3 Å². The molecule has 2 amide bonds. The van der Waals surface area contributed by atoms with Gasteiger partial charge < -0.3 is 19.9 Å². The first-order valence-corrected chi connectivity index (χ1v) is 12.5. The van der Waals surface area contributed by atoms with Gasteiger partial charge in [0.25, 0.3) is 5.91 Å². The summed E-state index contributed by atoms with van der Waals surface area (Å²) in [5.74, 6) is -1.81. The zero-order valence-electron chi connectivity index (χ0n) is 20.0. The molecule has 0 heterocycles. The third kappa shape index (κ3) is 9.15. The summed E-state index contributed by atoms with van der Waals surface area (Å²) in [6, 6.07) is 11.4. The second-order valence-corrected chi connectivity index (χ2v) is 9.52. The monoisotopic (exact) mass is 517 g/mol. The van der Waals surface area contributed by atoms with Crippen LogP contribution in [0.4, 0.5) is 0 Å². The zero-order valence-corrected chi connectivity index (χ0v) is 20.9. The van der Waals surface area contributed by atoms with Gasteiger partial charge in [-0.2, -0.15) is 5.26 Å². The minimum atomic E-state index is -4.73. The van der Waals surface area contributed by atoms with Gasteiger partial charge in [-0.15, -0.1) is 0 Å². The number of carbonyl (C=O) groups is 3. The largest absolute Gasteiger partial charge is 0.524 e. The van der Waals surface area contributed by atoms with Crippen molar-refractivity contribution in [2.45, 2.75) is 38.8 Å². The Hall–Kier alpha value is -3.71. The number of hydrogen-bond acceptors (Lipinski definition) is 7. The molecule has 192 valence electrons. The Morgan fingerprint density at radius 2 is 1.61 bits per heavy atom. The molecule has 2 rings (SSSR count). The van der Waals surface area contributed by atoms with Gasteiger partial charge >= 0.3 is 13.8 Å². The number of ether oxygens (including phenoxy) is 1. The van der Waals surface area contributed by atoms with Crippen LogP contribution in [0.2, 0.25) is 0 Å². The van der Waals surface area contributed by atoms with Crippen molar-refractivity contribution >= 4 is 25.6 Å². The quantitative estimate of drug-likeness (QED) is 0.257. The van der Waals surface area contributed by atoms with E-state index in [4.69, 9.17) is 19.8 Å². The number of methoxy groups -OCH3 is 1. The molecule has 0 saturated heterocycles. The van der Waals surface area contributed by atoms with Gasteiger partial charge in [0.15, 0.2) is 0 Å². The molecule has 11 nitrogen and oxygen atoms in total. The van der Waals surface area contributed by atoms with Crippen LogP contribution >= 0.6 is 7.82 Å². The van der Waals surface area contributed by atoms with Crippen LogP contribution in [0.25, 0.3) is 0 Å². The van der Waals surface area contributed by atoms with E-state index in [2.05, 4.69) is 15.2 Å². The Bertz CT molecular complexity index is 1150. The highest BCUT2D eigenvalue weighted by Crippen LogP contribution is 2.37. The number of nitrogens with zero attached hydrogens (tertiary/aromatic N) is 1. The number of amides is 2. The molecule has 0 saturated carbocycles. The Kier molecular flexibility index (Phi) is 10.2. The summed E-state index contributed by atoms with van der Waals surface area (Å²) in [5.41, 5.74) is 1.14. The third-order valence-electron chi connectivity index (χ3n) is 4.99. The van der Waals surface area contributed by atoms with E-state index in [-0.39, 0.29) is 23.7 Å². The lowest BCUT2D eigenvalue weighted by Gasteiger charge is -2.23. The molecule has 0 aliphatic rings. The fourth-order valence-electron chi connectivity index (χ4n) is 3.31. The fourth-order valence-corrected chi connectivity index (χ4v) is 3.70. The van der Waals surface area contributed by atoms with Gasteiger partial charge in [0.1, 0.15) is 17.8 Å². The summed E-state index contributed by atoms with van der Waals surface area (Å²) in [6.07, 6.45) is 0.322. The first-order chi connectivity index (χ1) is 16.9. The lowest BCUT2D eigenvalue weighted by molar-refractivity contribution is -0.145. The highest BCUT2D eigenvalue weighted by atomic mass is 31.2. The maximum Gasteiger partial charge on any atom is 0.524 e. The van der Waals surface area contributed by atoms with E-state index in [1.807, 2.05) is 19.9 Å². The predicted molar refractivity (Wildman–Crippen MR) is 129 cm³/mol. The summed E-state index contributed by atoms with van der Waals surface area (Å²) in [7, 11) is -3.51. The van der Waals surface area contributed by atoms with Crippen molar-refractivity contribution in [3.05, 3.63) is 65.2 Å². The summed E-state index contributed by atoms with van der Waals surface area (Å²) in [5, 5.41) is 14.2. The molecule has 36 heavy (non-hydrogen) atoms. The Labute approximate surface area is 208 Å². The molecule has 0 spiro atoms. The molecule has 0 radical (unpaired) electrons. The molecule has 2 aromatic rings. The van der Waals surface area contributed by atoms with Crippen molar-refractivity contribution in [3.63, 3.8) is 0 Å².